The first-order chi connectivity index (χ1) is 14.2. The van der Waals surface area contributed by atoms with Crippen molar-refractivity contribution in [3.63, 3.8) is 0 Å². The number of nitrogen functional groups attached to an aromatic ring is 1. The van der Waals surface area contributed by atoms with Crippen molar-refractivity contribution in [2.75, 3.05) is 24.3 Å². The van der Waals surface area contributed by atoms with Crippen LogP contribution >= 0.6 is 12.4 Å². The molecule has 3 aromatic rings. The van der Waals surface area contributed by atoms with Crippen LogP contribution in [0.4, 0.5) is 11.4 Å². The summed E-state index contributed by atoms with van der Waals surface area (Å²) < 4.78 is 0. The van der Waals surface area contributed by atoms with Crippen LogP contribution < -0.4 is 16.0 Å². The van der Waals surface area contributed by atoms with Crippen molar-refractivity contribution in [1.82, 2.24) is 0 Å². The van der Waals surface area contributed by atoms with Gasteiger partial charge in [0.25, 0.3) is 0 Å². The van der Waals surface area contributed by atoms with E-state index in [-0.39, 0.29) is 18.2 Å². The van der Waals surface area contributed by atoms with Crippen LogP contribution in [0, 0.1) is 12.3 Å². The lowest BCUT2D eigenvalue weighted by Gasteiger charge is -2.19. The Kier molecular flexibility index (Phi) is 7.67. The van der Waals surface area contributed by atoms with E-state index < -0.39 is 12.0 Å². The van der Waals surface area contributed by atoms with Crippen molar-refractivity contribution in [3.05, 3.63) is 83.4 Å². The number of amidine groups is 1. The number of hydrogen-bond acceptors (Lipinski definition) is 4. The van der Waals surface area contributed by atoms with Gasteiger partial charge < -0.3 is 21.1 Å². The topological polar surface area (TPSA) is 102 Å². The fraction of sp³-hybridized carbons (Fsp3) is 0.167. The molecule has 0 spiro atoms. The largest absolute Gasteiger partial charge is 0.479 e. The van der Waals surface area contributed by atoms with Crippen molar-refractivity contribution in [1.29, 1.82) is 5.41 Å². The molecule has 31 heavy (non-hydrogen) atoms. The van der Waals surface area contributed by atoms with Crippen molar-refractivity contribution in [2.45, 2.75) is 13.0 Å². The number of carboxylic acid groups (broad SMARTS) is 1. The summed E-state index contributed by atoms with van der Waals surface area (Å²) in [4.78, 5) is 14.1. The Morgan fingerprint density at radius 2 is 1.61 bits per heavy atom. The summed E-state index contributed by atoms with van der Waals surface area (Å²) in [6.07, 6.45) is 0. The van der Waals surface area contributed by atoms with Gasteiger partial charge in [-0.05, 0) is 66.1 Å². The summed E-state index contributed by atoms with van der Waals surface area (Å²) in [5, 5.41) is 20.4. The normalized spacial score (nSPS) is 11.2. The molecule has 1 unspecified atom stereocenters. The van der Waals surface area contributed by atoms with Crippen LogP contribution in [-0.4, -0.2) is 31.0 Å². The second-order valence-electron chi connectivity index (χ2n) is 7.48. The highest BCUT2D eigenvalue weighted by Gasteiger charge is 2.21. The van der Waals surface area contributed by atoms with E-state index in [1.165, 1.54) is 0 Å². The summed E-state index contributed by atoms with van der Waals surface area (Å²) in [6.45, 7) is 1.96. The van der Waals surface area contributed by atoms with Gasteiger partial charge in [-0.15, -0.1) is 12.4 Å². The zero-order chi connectivity index (χ0) is 21.8. The second-order valence-corrected chi connectivity index (χ2v) is 7.48. The fourth-order valence-corrected chi connectivity index (χ4v) is 3.30. The van der Waals surface area contributed by atoms with Gasteiger partial charge in [0.2, 0.25) is 0 Å². The molecule has 0 saturated heterocycles. The smallest absolute Gasteiger partial charge is 0.330 e. The predicted octanol–water partition coefficient (Wildman–Crippen LogP) is 4.67. The number of aliphatic carboxylic acids is 1. The molecule has 0 aromatic heterocycles. The van der Waals surface area contributed by atoms with Gasteiger partial charge in [-0.3, -0.25) is 5.41 Å². The second kappa shape index (κ2) is 10.00. The number of benzene rings is 3. The third kappa shape index (κ3) is 5.77. The maximum Gasteiger partial charge on any atom is 0.330 e. The Morgan fingerprint density at radius 3 is 2.13 bits per heavy atom. The van der Waals surface area contributed by atoms with Gasteiger partial charge in [-0.25, -0.2) is 4.79 Å². The van der Waals surface area contributed by atoms with Crippen LogP contribution in [0.15, 0.2) is 66.7 Å². The maximum atomic E-state index is 12.0. The zero-order valence-corrected chi connectivity index (χ0v) is 18.5. The number of hydrogen-bond donors (Lipinski definition) is 4. The molecule has 3 aromatic carbocycles. The molecule has 0 aliphatic heterocycles. The van der Waals surface area contributed by atoms with Gasteiger partial charge in [-0.1, -0.05) is 29.8 Å². The Balaban J connectivity index is 0.00000341. The molecule has 7 heteroatoms. The lowest BCUT2D eigenvalue weighted by molar-refractivity contribution is -0.138. The van der Waals surface area contributed by atoms with E-state index in [0.717, 1.165) is 22.4 Å². The molecule has 0 saturated carbocycles. The Morgan fingerprint density at radius 1 is 1.00 bits per heavy atom. The number of carbonyl (C=O) groups is 1. The highest BCUT2D eigenvalue weighted by Crippen LogP contribution is 2.29. The molecule has 0 aliphatic carbocycles. The first-order valence-corrected chi connectivity index (χ1v) is 9.58. The lowest BCUT2D eigenvalue weighted by atomic mass is 9.96. The molecule has 0 amide bonds. The maximum absolute atomic E-state index is 12.0. The number of anilines is 2. The predicted molar refractivity (Wildman–Crippen MR) is 130 cm³/mol. The van der Waals surface area contributed by atoms with E-state index in [1.54, 1.807) is 24.3 Å². The molecule has 5 N–H and O–H groups in total. The van der Waals surface area contributed by atoms with Crippen LogP contribution in [0.25, 0.3) is 11.1 Å². The molecule has 0 fully saturated rings. The van der Waals surface area contributed by atoms with E-state index in [0.29, 0.717) is 16.8 Å². The summed E-state index contributed by atoms with van der Waals surface area (Å²) in [7, 11) is 3.98. The number of rotatable bonds is 7. The average molecular weight is 439 g/mol. The molecule has 0 aliphatic rings. The number of aryl methyl sites for hydroxylation is 1. The van der Waals surface area contributed by atoms with Gasteiger partial charge in [0.15, 0.2) is 6.04 Å². The van der Waals surface area contributed by atoms with E-state index in [2.05, 4.69) is 11.4 Å². The van der Waals surface area contributed by atoms with Gasteiger partial charge >= 0.3 is 5.97 Å². The Labute approximate surface area is 188 Å². The van der Waals surface area contributed by atoms with Crippen LogP contribution in [0.3, 0.4) is 0 Å². The van der Waals surface area contributed by atoms with Crippen LogP contribution in [0.2, 0.25) is 0 Å². The number of carboxylic acids is 1. The third-order valence-electron chi connectivity index (χ3n) is 4.90. The summed E-state index contributed by atoms with van der Waals surface area (Å²) in [6, 6.07) is 19.9. The average Bonchev–Trinajstić information content (AvgIpc) is 2.71. The van der Waals surface area contributed by atoms with Gasteiger partial charge in [-0.2, -0.15) is 0 Å². The van der Waals surface area contributed by atoms with E-state index >= 15 is 0 Å². The van der Waals surface area contributed by atoms with Crippen molar-refractivity contribution in [3.8, 4) is 11.1 Å². The number of nitrogens with one attached hydrogen (secondary N) is 2. The minimum Gasteiger partial charge on any atom is -0.479 e. The standard InChI is InChI=1S/C24H26N4O2.ClH/c1-15-12-18(16-6-10-21(11-7-16)28(2)3)14-19(13-15)22(24(29)30)27-20-8-4-17(5-9-20)23(25)26;/h4-14,22,27H,1-3H3,(H3,25,26)(H,29,30);1H. The van der Waals surface area contributed by atoms with E-state index in [1.807, 2.05) is 62.3 Å². The van der Waals surface area contributed by atoms with Crippen molar-refractivity contribution >= 4 is 35.6 Å². The summed E-state index contributed by atoms with van der Waals surface area (Å²) in [5.41, 5.74) is 11.5. The molecule has 0 radical (unpaired) electrons. The van der Waals surface area contributed by atoms with Crippen LogP contribution in [-0.2, 0) is 4.79 Å². The summed E-state index contributed by atoms with van der Waals surface area (Å²) in [5.74, 6) is -0.995. The molecular weight excluding hydrogens is 412 g/mol. The minimum absolute atomic E-state index is 0. The molecule has 1 atom stereocenters. The third-order valence-corrected chi connectivity index (χ3v) is 4.90. The minimum atomic E-state index is -0.967. The van der Waals surface area contributed by atoms with Crippen molar-refractivity contribution in [2.24, 2.45) is 5.73 Å². The zero-order valence-electron chi connectivity index (χ0n) is 17.7. The SMILES string of the molecule is Cc1cc(-c2ccc(N(C)C)cc2)cc(C(Nc2ccc(C(=N)N)cc2)C(=O)O)c1.Cl. The molecular formula is C24H27ClN4O2. The molecule has 0 bridgehead atoms. The van der Waals surface area contributed by atoms with Gasteiger partial charge in [0.1, 0.15) is 5.84 Å². The van der Waals surface area contributed by atoms with Crippen LogP contribution in [0.5, 0.6) is 0 Å². The number of halogens is 1. The highest BCUT2D eigenvalue weighted by atomic mass is 35.5. The van der Waals surface area contributed by atoms with Crippen molar-refractivity contribution < 1.29 is 9.90 Å². The molecule has 3 rings (SSSR count). The summed E-state index contributed by atoms with van der Waals surface area (Å²) >= 11 is 0. The monoisotopic (exact) mass is 438 g/mol. The Bertz CT molecular complexity index is 1060. The highest BCUT2D eigenvalue weighted by molar-refractivity contribution is 5.95. The first-order valence-electron chi connectivity index (χ1n) is 9.58. The van der Waals surface area contributed by atoms with Crippen LogP contribution in [0.1, 0.15) is 22.7 Å². The fourth-order valence-electron chi connectivity index (χ4n) is 3.30. The first kappa shape index (κ1) is 23.8. The number of nitrogens with zero attached hydrogens (tertiary/aromatic N) is 1. The lowest BCUT2D eigenvalue weighted by Crippen LogP contribution is -2.21. The van der Waals surface area contributed by atoms with Gasteiger partial charge in [0, 0.05) is 31.0 Å². The molecule has 6 nitrogen and oxygen atoms in total. The molecule has 162 valence electrons. The quantitative estimate of drug-likeness (QED) is 0.317. The van der Waals surface area contributed by atoms with E-state index in [4.69, 9.17) is 11.1 Å². The Hall–Kier alpha value is -3.51. The van der Waals surface area contributed by atoms with E-state index in [9.17, 15) is 9.90 Å². The molecule has 0 heterocycles. The van der Waals surface area contributed by atoms with Gasteiger partial charge in [0.05, 0.1) is 0 Å². The number of nitrogens with two attached hydrogens (primary N) is 1.